The summed E-state index contributed by atoms with van der Waals surface area (Å²) in [4.78, 5) is 13.6. The van der Waals surface area contributed by atoms with E-state index in [1.165, 1.54) is 0 Å². The molecule has 0 aromatic carbocycles. The minimum atomic E-state index is -0.0475. The van der Waals surface area contributed by atoms with Gasteiger partial charge < -0.3 is 9.55 Å². The number of rotatable bonds is 1. The molecule has 0 saturated carbocycles. The lowest BCUT2D eigenvalue weighted by molar-refractivity contribution is -0.142. The Kier molecular flexibility index (Phi) is 1.91. The Morgan fingerprint density at radius 3 is 2.92 bits per heavy atom. The van der Waals surface area contributed by atoms with Crippen molar-refractivity contribution in [2.75, 3.05) is 0 Å². The summed E-state index contributed by atoms with van der Waals surface area (Å²) in [5.41, 5.74) is 0.0640. The fraction of sp³-hybridized carbons (Fsp3) is 0.889. The van der Waals surface area contributed by atoms with Gasteiger partial charge in [-0.2, -0.15) is 0 Å². The molecular formula is C9H15BNO2. The van der Waals surface area contributed by atoms with Crippen molar-refractivity contribution >= 4 is 13.4 Å². The molecule has 0 aromatic rings. The first kappa shape index (κ1) is 9.07. The first-order chi connectivity index (χ1) is 6.04. The van der Waals surface area contributed by atoms with Crippen LogP contribution in [0.4, 0.5) is 0 Å². The molecule has 3 nitrogen and oxygen atoms in total. The SMILES string of the molecule is C[B]N1C2CC(CC1(C)C)OC2=O. The van der Waals surface area contributed by atoms with E-state index in [-0.39, 0.29) is 23.7 Å². The minimum absolute atomic E-state index is 0.0289. The summed E-state index contributed by atoms with van der Waals surface area (Å²) in [6, 6.07) is -0.0289. The second-order valence-corrected chi connectivity index (χ2v) is 4.49. The summed E-state index contributed by atoms with van der Waals surface area (Å²) < 4.78 is 5.25. The van der Waals surface area contributed by atoms with Crippen LogP contribution in [0, 0.1) is 0 Å². The molecule has 0 spiro atoms. The normalized spacial score (nSPS) is 37.3. The molecule has 2 saturated heterocycles. The molecule has 2 rings (SSSR count). The van der Waals surface area contributed by atoms with Gasteiger partial charge in [-0.25, -0.2) is 0 Å². The predicted molar refractivity (Wildman–Crippen MR) is 50.4 cm³/mol. The van der Waals surface area contributed by atoms with E-state index in [9.17, 15) is 4.79 Å². The molecular weight excluding hydrogens is 165 g/mol. The molecule has 2 atom stereocenters. The summed E-state index contributed by atoms with van der Waals surface area (Å²) in [7, 11) is 2.01. The van der Waals surface area contributed by atoms with Crippen molar-refractivity contribution < 1.29 is 9.53 Å². The van der Waals surface area contributed by atoms with Crippen molar-refractivity contribution in [3.8, 4) is 0 Å². The third-order valence-corrected chi connectivity index (χ3v) is 3.08. The largest absolute Gasteiger partial charge is 0.461 e. The van der Waals surface area contributed by atoms with Crippen molar-refractivity contribution in [1.29, 1.82) is 0 Å². The maximum Gasteiger partial charge on any atom is 0.322 e. The third kappa shape index (κ3) is 1.28. The molecule has 0 N–H and O–H groups in total. The summed E-state index contributed by atoms with van der Waals surface area (Å²) in [6.07, 6.45) is 1.97. The van der Waals surface area contributed by atoms with E-state index in [0.717, 1.165) is 12.8 Å². The maximum atomic E-state index is 11.4. The average Bonchev–Trinajstić information content (AvgIpc) is 2.27. The van der Waals surface area contributed by atoms with Gasteiger partial charge in [-0.3, -0.25) is 4.79 Å². The van der Waals surface area contributed by atoms with Crippen LogP contribution < -0.4 is 0 Å². The molecule has 2 aliphatic rings. The molecule has 2 unspecified atom stereocenters. The number of esters is 1. The van der Waals surface area contributed by atoms with Crippen LogP contribution in [0.3, 0.4) is 0 Å². The summed E-state index contributed by atoms with van der Waals surface area (Å²) in [6.45, 7) is 6.30. The fourth-order valence-electron chi connectivity index (χ4n) is 2.60. The fourth-order valence-corrected chi connectivity index (χ4v) is 2.60. The number of piperidine rings is 1. The van der Waals surface area contributed by atoms with Crippen LogP contribution in [0.2, 0.25) is 6.82 Å². The molecule has 2 heterocycles. The highest BCUT2D eigenvalue weighted by molar-refractivity contribution is 6.31. The Morgan fingerprint density at radius 2 is 2.31 bits per heavy atom. The Balaban J connectivity index is 2.26. The topological polar surface area (TPSA) is 29.5 Å². The van der Waals surface area contributed by atoms with Gasteiger partial charge in [-0.05, 0) is 13.8 Å². The number of nitrogens with zero attached hydrogens (tertiary/aromatic N) is 1. The number of carbonyl (C=O) groups excluding carboxylic acids is 1. The highest BCUT2D eigenvalue weighted by Gasteiger charge is 2.49. The monoisotopic (exact) mass is 180 g/mol. The van der Waals surface area contributed by atoms with Crippen molar-refractivity contribution in [2.24, 2.45) is 0 Å². The zero-order valence-corrected chi connectivity index (χ0v) is 8.41. The van der Waals surface area contributed by atoms with Gasteiger partial charge in [0.1, 0.15) is 12.1 Å². The van der Waals surface area contributed by atoms with E-state index in [2.05, 4.69) is 18.7 Å². The van der Waals surface area contributed by atoms with Crippen molar-refractivity contribution in [3.63, 3.8) is 0 Å². The number of hydrogen-bond donors (Lipinski definition) is 0. The molecule has 2 bridgehead atoms. The first-order valence-electron chi connectivity index (χ1n) is 4.83. The molecule has 1 radical (unpaired) electrons. The lowest BCUT2D eigenvalue weighted by Crippen LogP contribution is -2.55. The molecule has 13 heavy (non-hydrogen) atoms. The van der Waals surface area contributed by atoms with Gasteiger partial charge in [0.05, 0.1) is 0 Å². The van der Waals surface area contributed by atoms with Gasteiger partial charge in [-0.15, -0.1) is 0 Å². The summed E-state index contributed by atoms with van der Waals surface area (Å²) in [5.74, 6) is -0.0475. The van der Waals surface area contributed by atoms with Crippen LogP contribution in [0.25, 0.3) is 0 Å². The standard InChI is InChI=1S/C9H15BNO2/c1-9(2)5-6-4-7(8(12)13-6)11(9)10-3/h6-7H,4-5H2,1-3H3. The van der Waals surface area contributed by atoms with Crippen LogP contribution in [0.5, 0.6) is 0 Å². The van der Waals surface area contributed by atoms with Gasteiger partial charge in [0.25, 0.3) is 0 Å². The van der Waals surface area contributed by atoms with Gasteiger partial charge in [0.15, 0.2) is 0 Å². The van der Waals surface area contributed by atoms with E-state index in [4.69, 9.17) is 4.74 Å². The lowest BCUT2D eigenvalue weighted by atomic mass is 9.77. The second-order valence-electron chi connectivity index (χ2n) is 4.49. The number of hydrogen-bond acceptors (Lipinski definition) is 3. The molecule has 4 heteroatoms. The van der Waals surface area contributed by atoms with E-state index in [1.54, 1.807) is 0 Å². The molecule has 0 aliphatic carbocycles. The smallest absolute Gasteiger partial charge is 0.322 e. The van der Waals surface area contributed by atoms with Crippen molar-refractivity contribution in [3.05, 3.63) is 0 Å². The highest BCUT2D eigenvalue weighted by atomic mass is 16.6. The van der Waals surface area contributed by atoms with Gasteiger partial charge in [-0.1, -0.05) is 6.82 Å². The zero-order valence-electron chi connectivity index (χ0n) is 8.41. The van der Waals surface area contributed by atoms with E-state index >= 15 is 0 Å². The van der Waals surface area contributed by atoms with Crippen molar-refractivity contribution in [1.82, 2.24) is 4.81 Å². The van der Waals surface area contributed by atoms with Crippen LogP contribution in [-0.4, -0.2) is 35.9 Å². The Bertz CT molecular complexity index is 242. The average molecular weight is 180 g/mol. The first-order valence-corrected chi connectivity index (χ1v) is 4.83. The van der Waals surface area contributed by atoms with Crippen molar-refractivity contribution in [2.45, 2.75) is 51.2 Å². The number of ether oxygens (including phenoxy) is 1. The third-order valence-electron chi connectivity index (χ3n) is 3.08. The van der Waals surface area contributed by atoms with E-state index in [0.29, 0.717) is 0 Å². The number of fused-ring (bicyclic) bond motifs is 2. The molecule has 2 aliphatic heterocycles. The predicted octanol–water partition coefficient (Wildman–Crippen LogP) is 0.822. The Morgan fingerprint density at radius 1 is 1.62 bits per heavy atom. The van der Waals surface area contributed by atoms with E-state index in [1.807, 2.05) is 14.2 Å². The quantitative estimate of drug-likeness (QED) is 0.442. The zero-order chi connectivity index (χ0) is 9.64. The van der Waals surface area contributed by atoms with E-state index < -0.39 is 0 Å². The minimum Gasteiger partial charge on any atom is -0.461 e. The molecule has 0 amide bonds. The molecule has 0 aromatic heterocycles. The van der Waals surface area contributed by atoms with Gasteiger partial charge in [0, 0.05) is 18.4 Å². The Labute approximate surface area is 79.7 Å². The van der Waals surface area contributed by atoms with Crippen LogP contribution in [0.15, 0.2) is 0 Å². The van der Waals surface area contributed by atoms with Crippen LogP contribution in [0.1, 0.15) is 26.7 Å². The maximum absolute atomic E-state index is 11.4. The lowest BCUT2D eigenvalue weighted by Gasteiger charge is -2.43. The summed E-state index contributed by atoms with van der Waals surface area (Å²) in [5, 5.41) is 0. The highest BCUT2D eigenvalue weighted by Crippen LogP contribution is 2.37. The van der Waals surface area contributed by atoms with Crippen LogP contribution >= 0.6 is 0 Å². The summed E-state index contributed by atoms with van der Waals surface area (Å²) >= 11 is 0. The number of carbonyl (C=O) groups is 1. The van der Waals surface area contributed by atoms with Gasteiger partial charge in [0.2, 0.25) is 7.41 Å². The Hall–Kier alpha value is -0.505. The molecule has 2 fully saturated rings. The molecule has 71 valence electrons. The van der Waals surface area contributed by atoms with Crippen LogP contribution in [-0.2, 0) is 9.53 Å². The van der Waals surface area contributed by atoms with Gasteiger partial charge >= 0.3 is 5.97 Å². The second kappa shape index (κ2) is 2.74.